The summed E-state index contributed by atoms with van der Waals surface area (Å²) < 4.78 is 2.43. The lowest BCUT2D eigenvalue weighted by Crippen LogP contribution is -2.28. The maximum atomic E-state index is 12.1. The van der Waals surface area contributed by atoms with E-state index in [1.807, 2.05) is 11.4 Å². The van der Waals surface area contributed by atoms with Crippen LogP contribution in [0.5, 0.6) is 0 Å². The topological polar surface area (TPSA) is 46.9 Å². The van der Waals surface area contributed by atoms with Gasteiger partial charge in [-0.05, 0) is 29.8 Å². The Balaban J connectivity index is 1.88. The van der Waals surface area contributed by atoms with Crippen molar-refractivity contribution in [3.8, 4) is 0 Å². The van der Waals surface area contributed by atoms with Gasteiger partial charge in [0.25, 0.3) is 5.56 Å². The minimum Gasteiger partial charge on any atom is -0.315 e. The largest absolute Gasteiger partial charge is 0.315 e. The molecule has 19 heavy (non-hydrogen) atoms. The summed E-state index contributed by atoms with van der Waals surface area (Å²) in [5, 5.41) is 5.28. The molecule has 0 aliphatic rings. The van der Waals surface area contributed by atoms with Gasteiger partial charge in [0.15, 0.2) is 0 Å². The molecule has 2 aromatic rings. The number of nitrogens with one attached hydrogen (secondary N) is 1. The molecular weight excluding hydrogens is 258 g/mol. The molecule has 0 atom stereocenters. The van der Waals surface area contributed by atoms with E-state index in [1.165, 1.54) is 11.3 Å². The van der Waals surface area contributed by atoms with Crippen LogP contribution in [0.1, 0.15) is 27.2 Å². The number of rotatable bonds is 5. The Morgan fingerprint density at radius 3 is 2.89 bits per heavy atom. The smallest absolute Gasteiger partial charge is 0.271 e. The van der Waals surface area contributed by atoms with Crippen molar-refractivity contribution in [2.45, 2.75) is 33.7 Å². The van der Waals surface area contributed by atoms with Crippen LogP contribution in [0.2, 0.25) is 0 Å². The first-order valence-electron chi connectivity index (χ1n) is 6.61. The number of hydrogen-bond acceptors (Lipinski definition) is 4. The Morgan fingerprint density at radius 2 is 2.16 bits per heavy atom. The zero-order chi connectivity index (χ0) is 13.9. The molecule has 2 aromatic heterocycles. The average Bonchev–Trinajstić information content (AvgIpc) is 2.79. The third-order valence-electron chi connectivity index (χ3n) is 3.02. The van der Waals surface area contributed by atoms with Gasteiger partial charge in [0.2, 0.25) is 0 Å². The summed E-state index contributed by atoms with van der Waals surface area (Å²) in [6.07, 6.45) is 2.77. The van der Waals surface area contributed by atoms with Crippen molar-refractivity contribution in [1.82, 2.24) is 14.9 Å². The summed E-state index contributed by atoms with van der Waals surface area (Å²) in [7, 11) is 0. The summed E-state index contributed by atoms with van der Waals surface area (Å²) in [4.78, 5) is 16.4. The normalized spacial score (nSPS) is 12.2. The molecule has 1 N–H and O–H groups in total. The average molecular weight is 279 g/mol. The van der Waals surface area contributed by atoms with Crippen LogP contribution >= 0.6 is 11.3 Å². The zero-order valence-corrected chi connectivity index (χ0v) is 12.6. The van der Waals surface area contributed by atoms with Crippen LogP contribution in [0, 0.1) is 5.41 Å². The van der Waals surface area contributed by atoms with Crippen LogP contribution in [0.3, 0.4) is 0 Å². The molecule has 5 heteroatoms. The van der Waals surface area contributed by atoms with E-state index in [-0.39, 0.29) is 5.56 Å². The van der Waals surface area contributed by atoms with Crippen LogP contribution in [-0.4, -0.2) is 22.6 Å². The molecule has 0 aliphatic heterocycles. The van der Waals surface area contributed by atoms with E-state index < -0.39 is 0 Å². The molecule has 4 nitrogen and oxygen atoms in total. The van der Waals surface area contributed by atoms with Gasteiger partial charge in [0.05, 0.1) is 11.8 Å². The van der Waals surface area contributed by atoms with Gasteiger partial charge in [-0.1, -0.05) is 20.8 Å². The van der Waals surface area contributed by atoms with Gasteiger partial charge in [-0.15, -0.1) is 11.3 Å². The Morgan fingerprint density at radius 1 is 1.37 bits per heavy atom. The molecule has 0 saturated heterocycles. The molecule has 0 radical (unpaired) electrons. The Kier molecular flexibility index (Phi) is 4.37. The van der Waals surface area contributed by atoms with Crippen LogP contribution in [-0.2, 0) is 6.54 Å². The molecule has 0 fully saturated rings. The van der Waals surface area contributed by atoms with E-state index in [9.17, 15) is 4.79 Å². The molecule has 0 bridgehead atoms. The SMILES string of the molecule is CC(C)(C)CCNCCn1cnc2ccsc2c1=O. The summed E-state index contributed by atoms with van der Waals surface area (Å²) in [5.41, 5.74) is 1.21. The summed E-state index contributed by atoms with van der Waals surface area (Å²) in [5.74, 6) is 0. The highest BCUT2D eigenvalue weighted by molar-refractivity contribution is 7.17. The zero-order valence-electron chi connectivity index (χ0n) is 11.8. The Labute approximate surface area is 117 Å². The fourth-order valence-corrected chi connectivity index (χ4v) is 2.62. The first-order valence-corrected chi connectivity index (χ1v) is 7.49. The molecule has 2 heterocycles. The second-order valence-electron chi connectivity index (χ2n) is 5.94. The third-order valence-corrected chi connectivity index (χ3v) is 3.91. The standard InChI is InChI=1S/C14H21N3OS/c1-14(2,3)5-6-15-7-8-17-10-16-11-4-9-19-12(11)13(17)18/h4,9-10,15H,5-8H2,1-3H3. The predicted octanol–water partition coefficient (Wildman–Crippen LogP) is 2.48. The van der Waals surface area contributed by atoms with Crippen LogP contribution < -0.4 is 10.9 Å². The minimum absolute atomic E-state index is 0.0672. The highest BCUT2D eigenvalue weighted by Crippen LogP contribution is 2.16. The van der Waals surface area contributed by atoms with Gasteiger partial charge in [0, 0.05) is 13.1 Å². The maximum absolute atomic E-state index is 12.1. The molecule has 0 aromatic carbocycles. The number of thiophene rings is 1. The van der Waals surface area contributed by atoms with Crippen molar-refractivity contribution < 1.29 is 0 Å². The summed E-state index contributed by atoms with van der Waals surface area (Å²) in [6.45, 7) is 9.14. The van der Waals surface area contributed by atoms with Crippen molar-refractivity contribution in [3.63, 3.8) is 0 Å². The lowest BCUT2D eigenvalue weighted by atomic mass is 9.92. The lowest BCUT2D eigenvalue weighted by molar-refractivity contribution is 0.365. The van der Waals surface area contributed by atoms with Crippen molar-refractivity contribution in [2.24, 2.45) is 5.41 Å². The second kappa shape index (κ2) is 5.84. The Hall–Kier alpha value is -1.20. The fourth-order valence-electron chi connectivity index (χ4n) is 1.83. The highest BCUT2D eigenvalue weighted by Gasteiger charge is 2.09. The van der Waals surface area contributed by atoms with E-state index in [4.69, 9.17) is 0 Å². The van der Waals surface area contributed by atoms with Crippen LogP contribution in [0.4, 0.5) is 0 Å². The fraction of sp³-hybridized carbons (Fsp3) is 0.571. The third kappa shape index (κ3) is 3.88. The van der Waals surface area contributed by atoms with Gasteiger partial charge < -0.3 is 5.32 Å². The number of hydrogen-bond donors (Lipinski definition) is 1. The molecule has 0 amide bonds. The van der Waals surface area contributed by atoms with Crippen molar-refractivity contribution >= 4 is 21.6 Å². The first-order chi connectivity index (χ1) is 8.97. The predicted molar refractivity (Wildman–Crippen MR) is 80.8 cm³/mol. The highest BCUT2D eigenvalue weighted by atomic mass is 32.1. The lowest BCUT2D eigenvalue weighted by Gasteiger charge is -2.18. The van der Waals surface area contributed by atoms with E-state index in [0.29, 0.717) is 12.0 Å². The molecular formula is C14H21N3OS. The Bertz CT molecular complexity index is 594. The molecule has 2 rings (SSSR count). The second-order valence-corrected chi connectivity index (χ2v) is 6.85. The van der Waals surface area contributed by atoms with E-state index in [2.05, 4.69) is 31.1 Å². The summed E-state index contributed by atoms with van der Waals surface area (Å²) >= 11 is 1.46. The summed E-state index contributed by atoms with van der Waals surface area (Å²) in [6, 6.07) is 1.88. The van der Waals surface area contributed by atoms with Crippen molar-refractivity contribution in [3.05, 3.63) is 28.1 Å². The van der Waals surface area contributed by atoms with Crippen molar-refractivity contribution in [1.29, 1.82) is 0 Å². The van der Waals surface area contributed by atoms with Gasteiger partial charge >= 0.3 is 0 Å². The monoisotopic (exact) mass is 279 g/mol. The first kappa shape index (κ1) is 14.2. The van der Waals surface area contributed by atoms with E-state index in [1.54, 1.807) is 10.9 Å². The molecule has 0 aliphatic carbocycles. The van der Waals surface area contributed by atoms with E-state index in [0.717, 1.165) is 29.7 Å². The van der Waals surface area contributed by atoms with E-state index >= 15 is 0 Å². The number of nitrogens with zero attached hydrogens (tertiary/aromatic N) is 2. The van der Waals surface area contributed by atoms with Gasteiger partial charge in [-0.3, -0.25) is 9.36 Å². The van der Waals surface area contributed by atoms with Gasteiger partial charge in [0.1, 0.15) is 4.70 Å². The molecule has 0 spiro atoms. The number of aromatic nitrogens is 2. The molecule has 104 valence electrons. The van der Waals surface area contributed by atoms with Gasteiger partial charge in [-0.2, -0.15) is 0 Å². The maximum Gasteiger partial charge on any atom is 0.271 e. The molecule has 0 unspecified atom stereocenters. The van der Waals surface area contributed by atoms with Gasteiger partial charge in [-0.25, -0.2) is 4.98 Å². The quantitative estimate of drug-likeness (QED) is 0.855. The van der Waals surface area contributed by atoms with Crippen LogP contribution in [0.15, 0.2) is 22.6 Å². The molecule has 0 saturated carbocycles. The van der Waals surface area contributed by atoms with Crippen LogP contribution in [0.25, 0.3) is 10.2 Å². The minimum atomic E-state index is 0.0672. The van der Waals surface area contributed by atoms with Crippen molar-refractivity contribution in [2.75, 3.05) is 13.1 Å². The number of fused-ring (bicyclic) bond motifs is 1.